The number of ether oxygens (including phenoxy) is 3. The minimum absolute atomic E-state index is 0. The highest BCUT2D eigenvalue weighted by Crippen LogP contribution is 2.32. The van der Waals surface area contributed by atoms with Gasteiger partial charge in [0, 0.05) is 46.5 Å². The van der Waals surface area contributed by atoms with Crippen molar-refractivity contribution in [1.82, 2.24) is 25.3 Å². The topological polar surface area (TPSA) is 85.2 Å². The number of morpholine rings is 1. The van der Waals surface area contributed by atoms with E-state index in [1.54, 1.807) is 21.3 Å². The Morgan fingerprint density at radius 2 is 1.94 bits per heavy atom. The lowest BCUT2D eigenvalue weighted by Gasteiger charge is -2.35. The van der Waals surface area contributed by atoms with Crippen LogP contribution in [0.4, 0.5) is 0 Å². The molecule has 2 aromatic rings. The Morgan fingerprint density at radius 1 is 1.19 bits per heavy atom. The summed E-state index contributed by atoms with van der Waals surface area (Å²) in [6.07, 6.45) is 4.81. The zero-order valence-corrected chi connectivity index (χ0v) is 21.7. The molecule has 9 nitrogen and oxygen atoms in total. The number of guanidine groups is 1. The zero-order valence-electron chi connectivity index (χ0n) is 19.3. The molecule has 1 aromatic heterocycles. The highest BCUT2D eigenvalue weighted by Gasteiger charge is 2.24. The molecule has 32 heavy (non-hydrogen) atoms. The molecule has 1 aromatic carbocycles. The molecule has 178 valence electrons. The number of hydrogen-bond donors (Lipinski definition) is 2. The fourth-order valence-electron chi connectivity index (χ4n) is 3.75. The molecule has 1 unspecified atom stereocenters. The van der Waals surface area contributed by atoms with E-state index in [0.29, 0.717) is 6.54 Å². The van der Waals surface area contributed by atoms with Gasteiger partial charge in [-0.2, -0.15) is 5.10 Å². The highest BCUT2D eigenvalue weighted by molar-refractivity contribution is 14.0. The lowest BCUT2D eigenvalue weighted by atomic mass is 10.0. The van der Waals surface area contributed by atoms with Crippen molar-refractivity contribution in [3.8, 4) is 11.5 Å². The summed E-state index contributed by atoms with van der Waals surface area (Å²) in [6.45, 7) is 4.73. The smallest absolute Gasteiger partial charge is 0.191 e. The number of benzene rings is 1. The molecule has 0 bridgehead atoms. The first kappa shape index (κ1) is 26.2. The number of hydrogen-bond acceptors (Lipinski definition) is 6. The molecular formula is C22H35IN6O3. The molecule has 2 N–H and O–H groups in total. The van der Waals surface area contributed by atoms with E-state index in [4.69, 9.17) is 14.2 Å². The van der Waals surface area contributed by atoms with Gasteiger partial charge in [-0.05, 0) is 29.7 Å². The lowest BCUT2D eigenvalue weighted by molar-refractivity contribution is 0.0169. The molecule has 0 amide bonds. The Morgan fingerprint density at radius 3 is 2.56 bits per heavy atom. The van der Waals surface area contributed by atoms with Crippen molar-refractivity contribution in [2.45, 2.75) is 12.5 Å². The van der Waals surface area contributed by atoms with Crippen LogP contribution in [0.2, 0.25) is 0 Å². The van der Waals surface area contributed by atoms with E-state index in [1.165, 1.54) is 5.56 Å². The van der Waals surface area contributed by atoms with Gasteiger partial charge in [0.1, 0.15) is 0 Å². The van der Waals surface area contributed by atoms with Gasteiger partial charge in [-0.3, -0.25) is 14.6 Å². The summed E-state index contributed by atoms with van der Waals surface area (Å²) < 4.78 is 18.3. The summed E-state index contributed by atoms with van der Waals surface area (Å²) in [5, 5.41) is 11.1. The summed E-state index contributed by atoms with van der Waals surface area (Å²) in [7, 11) is 7.04. The monoisotopic (exact) mass is 558 g/mol. The predicted octanol–water partition coefficient (Wildman–Crippen LogP) is 1.84. The van der Waals surface area contributed by atoms with Gasteiger partial charge in [-0.1, -0.05) is 6.07 Å². The van der Waals surface area contributed by atoms with Gasteiger partial charge >= 0.3 is 0 Å². The van der Waals surface area contributed by atoms with Crippen LogP contribution in [0.5, 0.6) is 11.5 Å². The average molecular weight is 558 g/mol. The fraction of sp³-hybridized carbons (Fsp3) is 0.545. The second kappa shape index (κ2) is 13.5. The Kier molecular flexibility index (Phi) is 11.0. The Balaban J connectivity index is 0.00000363. The maximum absolute atomic E-state index is 5.56. The number of aryl methyl sites for hydroxylation is 1. The molecular weight excluding hydrogens is 523 g/mol. The van der Waals surface area contributed by atoms with Crippen LogP contribution in [0, 0.1) is 0 Å². The molecule has 1 atom stereocenters. The van der Waals surface area contributed by atoms with E-state index < -0.39 is 0 Å². The van der Waals surface area contributed by atoms with Crippen molar-refractivity contribution < 1.29 is 14.2 Å². The van der Waals surface area contributed by atoms with Gasteiger partial charge in [0.15, 0.2) is 17.5 Å². The van der Waals surface area contributed by atoms with Crippen molar-refractivity contribution in [3.05, 3.63) is 41.7 Å². The first-order chi connectivity index (χ1) is 15.1. The van der Waals surface area contributed by atoms with E-state index in [-0.39, 0.29) is 30.0 Å². The Bertz CT molecular complexity index is 854. The largest absolute Gasteiger partial charge is 0.493 e. The van der Waals surface area contributed by atoms with E-state index in [2.05, 4.69) is 37.8 Å². The van der Waals surface area contributed by atoms with Crippen LogP contribution < -0.4 is 20.1 Å². The standard InChI is InChI=1S/C22H34N6O3.HI/c1-23-22(24-8-7-17-14-26-27(2)16-17)25-15-19(28-9-11-31-12-10-28)18-5-6-20(29-3)21(13-18)30-4;/h5-6,13-14,16,19H,7-12,15H2,1-4H3,(H2,23,24,25);1H. The molecule has 3 rings (SSSR count). The SMILES string of the molecule is CN=C(NCCc1cnn(C)c1)NCC(c1ccc(OC)c(OC)c1)N1CCOCC1.I. The fourth-order valence-corrected chi connectivity index (χ4v) is 3.75. The van der Waals surface area contributed by atoms with Crippen LogP contribution in [0.3, 0.4) is 0 Å². The molecule has 1 fully saturated rings. The van der Waals surface area contributed by atoms with Crippen molar-refractivity contribution in [1.29, 1.82) is 0 Å². The maximum Gasteiger partial charge on any atom is 0.191 e. The van der Waals surface area contributed by atoms with E-state index in [9.17, 15) is 0 Å². The van der Waals surface area contributed by atoms with E-state index in [1.807, 2.05) is 30.2 Å². The van der Waals surface area contributed by atoms with Gasteiger partial charge in [-0.15, -0.1) is 24.0 Å². The zero-order chi connectivity index (χ0) is 22.1. The van der Waals surface area contributed by atoms with Crippen LogP contribution in [0.25, 0.3) is 0 Å². The molecule has 0 aliphatic carbocycles. The summed E-state index contributed by atoms with van der Waals surface area (Å²) in [4.78, 5) is 6.81. The Labute approximate surface area is 207 Å². The molecule has 10 heteroatoms. The third kappa shape index (κ3) is 7.24. The quantitative estimate of drug-likeness (QED) is 0.276. The lowest BCUT2D eigenvalue weighted by Crippen LogP contribution is -2.46. The maximum atomic E-state index is 5.56. The van der Waals surface area contributed by atoms with Crippen LogP contribution in [0.15, 0.2) is 35.6 Å². The predicted molar refractivity (Wildman–Crippen MR) is 136 cm³/mol. The normalized spacial score (nSPS) is 15.6. The van der Waals surface area contributed by atoms with Crippen LogP contribution in [-0.2, 0) is 18.2 Å². The number of rotatable bonds is 9. The highest BCUT2D eigenvalue weighted by atomic mass is 127. The number of methoxy groups -OCH3 is 2. The minimum Gasteiger partial charge on any atom is -0.493 e. The van der Waals surface area contributed by atoms with Gasteiger partial charge in [0.25, 0.3) is 0 Å². The van der Waals surface area contributed by atoms with Crippen molar-refractivity contribution in [3.63, 3.8) is 0 Å². The first-order valence-corrected chi connectivity index (χ1v) is 10.6. The van der Waals surface area contributed by atoms with Crippen LogP contribution in [0.1, 0.15) is 17.2 Å². The molecule has 0 spiro atoms. The second-order valence-electron chi connectivity index (χ2n) is 7.43. The first-order valence-electron chi connectivity index (χ1n) is 10.6. The molecule has 1 aliphatic heterocycles. The van der Waals surface area contributed by atoms with Gasteiger partial charge in [0.2, 0.25) is 0 Å². The molecule has 1 aliphatic rings. The third-order valence-corrected chi connectivity index (χ3v) is 5.43. The van der Waals surface area contributed by atoms with E-state index >= 15 is 0 Å². The summed E-state index contributed by atoms with van der Waals surface area (Å²) in [6, 6.07) is 6.27. The summed E-state index contributed by atoms with van der Waals surface area (Å²) in [5.41, 5.74) is 2.36. The average Bonchev–Trinajstić information content (AvgIpc) is 3.23. The van der Waals surface area contributed by atoms with Crippen molar-refractivity contribution in [2.24, 2.45) is 12.0 Å². The minimum atomic E-state index is 0. The van der Waals surface area contributed by atoms with Crippen molar-refractivity contribution >= 4 is 29.9 Å². The van der Waals surface area contributed by atoms with Crippen LogP contribution >= 0.6 is 24.0 Å². The summed E-state index contributed by atoms with van der Waals surface area (Å²) >= 11 is 0. The van der Waals surface area contributed by atoms with Crippen LogP contribution in [-0.4, -0.2) is 81.3 Å². The van der Waals surface area contributed by atoms with Gasteiger partial charge < -0.3 is 24.8 Å². The molecule has 2 heterocycles. The molecule has 1 saturated heterocycles. The number of halogens is 1. The molecule has 0 radical (unpaired) electrons. The number of nitrogens with zero attached hydrogens (tertiary/aromatic N) is 4. The van der Waals surface area contributed by atoms with E-state index in [0.717, 1.165) is 62.3 Å². The van der Waals surface area contributed by atoms with Crippen molar-refractivity contribution in [2.75, 3.05) is 60.7 Å². The summed E-state index contributed by atoms with van der Waals surface area (Å²) in [5.74, 6) is 2.24. The number of nitrogens with one attached hydrogen (secondary N) is 2. The van der Waals surface area contributed by atoms with Gasteiger partial charge in [0.05, 0.1) is 39.7 Å². The van der Waals surface area contributed by atoms with Gasteiger partial charge in [-0.25, -0.2) is 0 Å². The number of aromatic nitrogens is 2. The number of aliphatic imine (C=N–C) groups is 1. The second-order valence-corrected chi connectivity index (χ2v) is 7.43. The molecule has 0 saturated carbocycles. The Hall–Kier alpha value is -2.05. The third-order valence-electron chi connectivity index (χ3n) is 5.43.